The van der Waals surface area contributed by atoms with Gasteiger partial charge in [0.15, 0.2) is 0 Å². The highest BCUT2D eigenvalue weighted by Crippen LogP contribution is 2.29. The summed E-state index contributed by atoms with van der Waals surface area (Å²) in [5.74, 6) is 0.666. The van der Waals surface area contributed by atoms with Crippen LogP contribution in [0.25, 0.3) is 0 Å². The molecule has 0 aromatic heterocycles. The molecule has 1 heterocycles. The molecule has 1 aromatic carbocycles. The smallest absolute Gasteiger partial charge is 0.0642 e. The Balaban J connectivity index is 1.97. The average molecular weight is 311 g/mol. The van der Waals surface area contributed by atoms with E-state index in [1.807, 2.05) is 0 Å². The zero-order chi connectivity index (χ0) is 15.2. The molecular formula is C17H27ClN2O. The Labute approximate surface area is 133 Å². The quantitative estimate of drug-likeness (QED) is 0.867. The number of benzene rings is 1. The molecule has 2 rings (SSSR count). The molecule has 0 saturated carbocycles. The monoisotopic (exact) mass is 310 g/mol. The molecule has 1 aromatic rings. The van der Waals surface area contributed by atoms with E-state index in [1.165, 1.54) is 5.56 Å². The van der Waals surface area contributed by atoms with Crippen LogP contribution in [0.3, 0.4) is 0 Å². The van der Waals surface area contributed by atoms with E-state index in [0.717, 1.165) is 49.9 Å². The highest BCUT2D eigenvalue weighted by Gasteiger charge is 2.20. The second-order valence-corrected chi connectivity index (χ2v) is 6.67. The summed E-state index contributed by atoms with van der Waals surface area (Å²) in [6, 6.07) is 6.93. The van der Waals surface area contributed by atoms with Gasteiger partial charge in [-0.1, -0.05) is 31.5 Å². The van der Waals surface area contributed by atoms with Gasteiger partial charge < -0.3 is 15.0 Å². The van der Waals surface area contributed by atoms with Crippen LogP contribution < -0.4 is 10.2 Å². The van der Waals surface area contributed by atoms with Gasteiger partial charge in [-0.2, -0.15) is 0 Å². The fraction of sp³-hybridized carbons (Fsp3) is 0.647. The van der Waals surface area contributed by atoms with Crippen molar-refractivity contribution in [1.82, 2.24) is 5.32 Å². The lowest BCUT2D eigenvalue weighted by molar-refractivity contribution is 0.0855. The minimum atomic E-state index is 0.529. The Hall–Kier alpha value is -0.770. The molecule has 0 spiro atoms. The van der Waals surface area contributed by atoms with Crippen molar-refractivity contribution in [3.8, 4) is 0 Å². The molecule has 21 heavy (non-hydrogen) atoms. The summed E-state index contributed by atoms with van der Waals surface area (Å²) in [5.41, 5.74) is 2.36. The van der Waals surface area contributed by atoms with E-state index in [-0.39, 0.29) is 0 Å². The zero-order valence-electron chi connectivity index (χ0n) is 13.4. The lowest BCUT2D eigenvalue weighted by atomic mass is 10.1. The Morgan fingerprint density at radius 3 is 2.67 bits per heavy atom. The van der Waals surface area contributed by atoms with Gasteiger partial charge in [-0.05, 0) is 43.0 Å². The van der Waals surface area contributed by atoms with Crippen LogP contribution in [0.5, 0.6) is 0 Å². The van der Waals surface area contributed by atoms with Gasteiger partial charge >= 0.3 is 0 Å². The molecule has 0 atom stereocenters. The number of anilines is 1. The maximum absolute atomic E-state index is 6.48. The normalized spacial score (nSPS) is 16.4. The van der Waals surface area contributed by atoms with Crippen molar-refractivity contribution in [1.29, 1.82) is 0 Å². The molecule has 0 radical (unpaired) electrons. The van der Waals surface area contributed by atoms with Gasteiger partial charge in [0.25, 0.3) is 0 Å². The number of hydrogen-bond acceptors (Lipinski definition) is 3. The minimum Gasteiger partial charge on any atom is -0.381 e. The number of nitrogens with zero attached hydrogens (tertiary/aromatic N) is 1. The Bertz CT molecular complexity index is 444. The van der Waals surface area contributed by atoms with Crippen LogP contribution in [0, 0.1) is 5.92 Å². The van der Waals surface area contributed by atoms with Crippen LogP contribution in [-0.2, 0) is 11.3 Å². The second kappa shape index (κ2) is 8.02. The van der Waals surface area contributed by atoms with Crippen LogP contribution in [-0.4, -0.2) is 32.8 Å². The summed E-state index contributed by atoms with van der Waals surface area (Å²) >= 11 is 6.48. The molecule has 1 N–H and O–H groups in total. The minimum absolute atomic E-state index is 0.529. The largest absolute Gasteiger partial charge is 0.381 e. The molecular weight excluding hydrogens is 284 g/mol. The Morgan fingerprint density at radius 2 is 2.05 bits per heavy atom. The van der Waals surface area contributed by atoms with Gasteiger partial charge in [0.2, 0.25) is 0 Å². The van der Waals surface area contributed by atoms with E-state index in [9.17, 15) is 0 Å². The van der Waals surface area contributed by atoms with E-state index in [2.05, 4.69) is 49.3 Å². The SMILES string of the molecule is CC(C)CNCc1ccc(N(C)C2CCOCC2)c(Cl)c1. The van der Waals surface area contributed by atoms with Crippen molar-refractivity contribution < 1.29 is 4.74 Å². The predicted molar refractivity (Wildman–Crippen MR) is 90.2 cm³/mol. The standard InChI is InChI=1S/C17H27ClN2O/c1-13(2)11-19-12-14-4-5-17(16(18)10-14)20(3)15-6-8-21-9-7-15/h4-5,10,13,15,19H,6-9,11-12H2,1-3H3. The van der Waals surface area contributed by atoms with Crippen molar-refractivity contribution in [2.24, 2.45) is 5.92 Å². The Morgan fingerprint density at radius 1 is 1.33 bits per heavy atom. The maximum Gasteiger partial charge on any atom is 0.0642 e. The molecule has 1 saturated heterocycles. The molecule has 0 bridgehead atoms. The van der Waals surface area contributed by atoms with Crippen LogP contribution in [0.2, 0.25) is 5.02 Å². The maximum atomic E-state index is 6.48. The Kier molecular flexibility index (Phi) is 6.34. The van der Waals surface area contributed by atoms with Crippen molar-refractivity contribution in [2.75, 3.05) is 31.7 Å². The van der Waals surface area contributed by atoms with E-state index in [4.69, 9.17) is 16.3 Å². The molecule has 1 aliphatic heterocycles. The summed E-state index contributed by atoms with van der Waals surface area (Å²) in [7, 11) is 2.13. The highest BCUT2D eigenvalue weighted by molar-refractivity contribution is 6.33. The van der Waals surface area contributed by atoms with Gasteiger partial charge in [-0.3, -0.25) is 0 Å². The van der Waals surface area contributed by atoms with Crippen LogP contribution >= 0.6 is 11.6 Å². The molecule has 118 valence electrons. The van der Waals surface area contributed by atoms with Crippen molar-refractivity contribution in [3.63, 3.8) is 0 Å². The molecule has 3 nitrogen and oxygen atoms in total. The number of nitrogens with one attached hydrogen (secondary N) is 1. The van der Waals surface area contributed by atoms with Crippen LogP contribution in [0.1, 0.15) is 32.3 Å². The van der Waals surface area contributed by atoms with E-state index >= 15 is 0 Å². The van der Waals surface area contributed by atoms with Crippen molar-refractivity contribution in [3.05, 3.63) is 28.8 Å². The van der Waals surface area contributed by atoms with Gasteiger partial charge in [0.05, 0.1) is 10.7 Å². The van der Waals surface area contributed by atoms with Gasteiger partial charge in [-0.25, -0.2) is 0 Å². The molecule has 4 heteroatoms. The molecule has 1 aliphatic rings. The molecule has 0 amide bonds. The topological polar surface area (TPSA) is 24.5 Å². The first-order chi connectivity index (χ1) is 10.1. The van der Waals surface area contributed by atoms with Crippen molar-refractivity contribution in [2.45, 2.75) is 39.3 Å². The lowest BCUT2D eigenvalue weighted by Crippen LogP contribution is -2.36. The number of ether oxygens (including phenoxy) is 1. The third-order valence-corrected chi connectivity index (χ3v) is 4.32. The summed E-state index contributed by atoms with van der Waals surface area (Å²) < 4.78 is 5.43. The van der Waals surface area contributed by atoms with Crippen LogP contribution in [0.15, 0.2) is 18.2 Å². The van der Waals surface area contributed by atoms with E-state index in [0.29, 0.717) is 12.0 Å². The number of hydrogen-bond donors (Lipinski definition) is 1. The molecule has 1 fully saturated rings. The third-order valence-electron chi connectivity index (χ3n) is 4.01. The summed E-state index contributed by atoms with van der Waals surface area (Å²) in [4.78, 5) is 2.30. The summed E-state index contributed by atoms with van der Waals surface area (Å²) in [5, 5.41) is 4.29. The number of rotatable bonds is 6. The predicted octanol–water partition coefficient (Wildman–Crippen LogP) is 3.70. The first kappa shape index (κ1) is 16.6. The fourth-order valence-electron chi connectivity index (χ4n) is 2.72. The van der Waals surface area contributed by atoms with E-state index in [1.54, 1.807) is 0 Å². The average Bonchev–Trinajstić information content (AvgIpc) is 2.47. The molecule has 0 aliphatic carbocycles. The summed E-state index contributed by atoms with van der Waals surface area (Å²) in [6.07, 6.45) is 2.15. The summed E-state index contributed by atoms with van der Waals surface area (Å²) in [6.45, 7) is 8.03. The first-order valence-corrected chi connectivity index (χ1v) is 8.25. The number of halogens is 1. The fourth-order valence-corrected chi connectivity index (χ4v) is 3.06. The van der Waals surface area contributed by atoms with Crippen LogP contribution in [0.4, 0.5) is 5.69 Å². The lowest BCUT2D eigenvalue weighted by Gasteiger charge is -2.33. The third kappa shape index (κ3) is 4.87. The van der Waals surface area contributed by atoms with E-state index < -0.39 is 0 Å². The van der Waals surface area contributed by atoms with Crippen molar-refractivity contribution >= 4 is 17.3 Å². The highest BCUT2D eigenvalue weighted by atomic mass is 35.5. The first-order valence-electron chi connectivity index (χ1n) is 7.87. The second-order valence-electron chi connectivity index (χ2n) is 6.26. The van der Waals surface area contributed by atoms with Gasteiger partial charge in [-0.15, -0.1) is 0 Å². The molecule has 0 unspecified atom stereocenters. The zero-order valence-corrected chi connectivity index (χ0v) is 14.1. The van der Waals surface area contributed by atoms with Gasteiger partial charge in [0.1, 0.15) is 0 Å². The van der Waals surface area contributed by atoms with Gasteiger partial charge in [0, 0.05) is 32.8 Å².